The number of aromatic nitrogens is 1. The number of carbonyl (C=O) groups is 1. The number of aryl methyl sites for hydroxylation is 1. The zero-order valence-electron chi connectivity index (χ0n) is 13.1. The van der Waals surface area contributed by atoms with Crippen molar-refractivity contribution in [2.24, 2.45) is 0 Å². The molecule has 0 aliphatic rings. The molecule has 2 aromatic carbocycles. The Kier molecular flexibility index (Phi) is 4.24. The lowest BCUT2D eigenvalue weighted by Crippen LogP contribution is -2.25. The molecule has 0 spiro atoms. The molecule has 1 heterocycles. The number of hydrogen-bond acceptors (Lipinski definition) is 3. The van der Waals surface area contributed by atoms with Gasteiger partial charge in [-0.3, -0.25) is 4.79 Å². The lowest BCUT2D eigenvalue weighted by atomic mass is 10.0. The van der Waals surface area contributed by atoms with Crippen LogP contribution >= 0.6 is 0 Å². The van der Waals surface area contributed by atoms with Crippen LogP contribution in [0, 0.1) is 6.92 Å². The topological polar surface area (TPSA) is 55.1 Å². The molecule has 4 heteroatoms. The van der Waals surface area contributed by atoms with Crippen LogP contribution in [0.4, 0.5) is 0 Å². The molecule has 1 aromatic heterocycles. The summed E-state index contributed by atoms with van der Waals surface area (Å²) < 4.78 is 5.55. The van der Waals surface area contributed by atoms with Crippen molar-refractivity contribution in [3.05, 3.63) is 71.6 Å². The molecule has 0 radical (unpaired) electrons. The molecule has 0 saturated carbocycles. The van der Waals surface area contributed by atoms with E-state index in [1.54, 1.807) is 6.08 Å². The first-order valence-electron chi connectivity index (χ1n) is 7.53. The monoisotopic (exact) mass is 306 g/mol. The summed E-state index contributed by atoms with van der Waals surface area (Å²) in [5.74, 6) is 0.243. The maximum absolute atomic E-state index is 12.1. The third-order valence-corrected chi connectivity index (χ3v) is 3.70. The number of fused-ring (bicyclic) bond motifs is 1. The van der Waals surface area contributed by atoms with Gasteiger partial charge < -0.3 is 9.73 Å². The predicted molar refractivity (Wildman–Crippen MR) is 90.8 cm³/mol. The first-order valence-corrected chi connectivity index (χ1v) is 7.53. The molecule has 23 heavy (non-hydrogen) atoms. The molecule has 4 nitrogen and oxygen atoms in total. The van der Waals surface area contributed by atoms with E-state index in [0.717, 1.165) is 16.6 Å². The van der Waals surface area contributed by atoms with Crippen molar-refractivity contribution in [2.45, 2.75) is 19.9 Å². The van der Waals surface area contributed by atoms with Crippen molar-refractivity contribution >= 4 is 23.1 Å². The molecule has 0 fully saturated rings. The fourth-order valence-corrected chi connectivity index (χ4v) is 2.52. The summed E-state index contributed by atoms with van der Waals surface area (Å²) in [6.07, 6.45) is 3.03. The highest BCUT2D eigenvalue weighted by atomic mass is 16.3. The number of nitrogens with zero attached hydrogens (tertiary/aromatic N) is 1. The SMILES string of the molecule is Cc1ccccc1C(C)NC(=O)/C=C/c1nc2ccccc2o1. The number of oxazole rings is 1. The van der Waals surface area contributed by atoms with E-state index in [-0.39, 0.29) is 11.9 Å². The number of benzene rings is 2. The van der Waals surface area contributed by atoms with Gasteiger partial charge >= 0.3 is 0 Å². The van der Waals surface area contributed by atoms with Crippen LogP contribution in [0.15, 0.2) is 59.0 Å². The van der Waals surface area contributed by atoms with Crippen molar-refractivity contribution in [3.8, 4) is 0 Å². The minimum Gasteiger partial charge on any atom is -0.437 e. The Morgan fingerprint density at radius 3 is 2.70 bits per heavy atom. The highest BCUT2D eigenvalue weighted by Gasteiger charge is 2.09. The van der Waals surface area contributed by atoms with Gasteiger partial charge in [0.15, 0.2) is 5.58 Å². The van der Waals surface area contributed by atoms with Gasteiger partial charge in [0.25, 0.3) is 0 Å². The average molecular weight is 306 g/mol. The van der Waals surface area contributed by atoms with Gasteiger partial charge in [-0.05, 0) is 37.1 Å². The molecular formula is C19H18N2O2. The molecule has 0 aliphatic heterocycles. The summed E-state index contributed by atoms with van der Waals surface area (Å²) in [6.45, 7) is 4.00. The zero-order chi connectivity index (χ0) is 16.2. The van der Waals surface area contributed by atoms with Crippen LogP contribution in [0.2, 0.25) is 0 Å². The summed E-state index contributed by atoms with van der Waals surface area (Å²) in [4.78, 5) is 16.4. The second-order valence-electron chi connectivity index (χ2n) is 5.44. The first kappa shape index (κ1) is 15.0. The van der Waals surface area contributed by atoms with Gasteiger partial charge in [0.1, 0.15) is 5.52 Å². The minimum absolute atomic E-state index is 0.0583. The molecular weight excluding hydrogens is 288 g/mol. The van der Waals surface area contributed by atoms with E-state index in [0.29, 0.717) is 11.5 Å². The van der Waals surface area contributed by atoms with Crippen LogP contribution in [0.1, 0.15) is 30.0 Å². The second-order valence-corrected chi connectivity index (χ2v) is 5.44. The van der Waals surface area contributed by atoms with Crippen molar-refractivity contribution in [1.29, 1.82) is 0 Å². The van der Waals surface area contributed by atoms with E-state index >= 15 is 0 Å². The summed E-state index contributed by atoms with van der Waals surface area (Å²) in [5, 5.41) is 2.95. The van der Waals surface area contributed by atoms with Gasteiger partial charge in [-0.25, -0.2) is 4.98 Å². The fraction of sp³-hybridized carbons (Fsp3) is 0.158. The van der Waals surface area contributed by atoms with E-state index in [1.165, 1.54) is 6.08 Å². The standard InChI is InChI=1S/C19H18N2O2/c1-13-7-3-4-8-15(13)14(2)20-18(22)11-12-19-21-16-9-5-6-10-17(16)23-19/h3-12,14H,1-2H3,(H,20,22)/b12-11+. The van der Waals surface area contributed by atoms with Gasteiger partial charge in [-0.2, -0.15) is 0 Å². The van der Waals surface area contributed by atoms with Crippen LogP contribution in [-0.2, 0) is 4.79 Å². The van der Waals surface area contributed by atoms with Crippen molar-refractivity contribution in [1.82, 2.24) is 10.3 Å². The first-order chi connectivity index (χ1) is 11.1. The van der Waals surface area contributed by atoms with Gasteiger partial charge in [-0.15, -0.1) is 0 Å². The summed E-state index contributed by atoms with van der Waals surface area (Å²) >= 11 is 0. The molecule has 116 valence electrons. The molecule has 0 saturated heterocycles. The normalized spacial score (nSPS) is 12.6. The molecule has 3 aromatic rings. The average Bonchev–Trinajstić information content (AvgIpc) is 2.96. The van der Waals surface area contributed by atoms with Crippen molar-refractivity contribution in [2.75, 3.05) is 0 Å². The highest BCUT2D eigenvalue weighted by molar-refractivity contribution is 5.91. The van der Waals surface area contributed by atoms with Crippen molar-refractivity contribution < 1.29 is 9.21 Å². The number of rotatable bonds is 4. The minimum atomic E-state index is -0.178. The summed E-state index contributed by atoms with van der Waals surface area (Å²) in [7, 11) is 0. The number of hydrogen-bond donors (Lipinski definition) is 1. The summed E-state index contributed by atoms with van der Waals surface area (Å²) in [6, 6.07) is 15.5. The summed E-state index contributed by atoms with van der Waals surface area (Å²) in [5.41, 5.74) is 3.75. The van der Waals surface area contributed by atoms with Crippen LogP contribution in [0.25, 0.3) is 17.2 Å². The van der Waals surface area contributed by atoms with Gasteiger partial charge in [0.05, 0.1) is 6.04 Å². The van der Waals surface area contributed by atoms with Gasteiger partial charge in [-0.1, -0.05) is 36.4 Å². The van der Waals surface area contributed by atoms with Crippen LogP contribution in [-0.4, -0.2) is 10.9 Å². The lowest BCUT2D eigenvalue weighted by molar-refractivity contribution is -0.117. The number of carbonyl (C=O) groups excluding carboxylic acids is 1. The van der Waals surface area contributed by atoms with E-state index in [9.17, 15) is 4.79 Å². The molecule has 1 atom stereocenters. The predicted octanol–water partition coefficient (Wildman–Crippen LogP) is 4.03. The van der Waals surface area contributed by atoms with Crippen molar-refractivity contribution in [3.63, 3.8) is 0 Å². The van der Waals surface area contributed by atoms with Gasteiger partial charge in [0, 0.05) is 12.2 Å². The molecule has 1 N–H and O–H groups in total. The van der Waals surface area contributed by atoms with E-state index in [1.807, 2.05) is 62.4 Å². The van der Waals surface area contributed by atoms with E-state index in [2.05, 4.69) is 10.3 Å². The fourth-order valence-electron chi connectivity index (χ4n) is 2.52. The molecule has 0 bridgehead atoms. The third-order valence-electron chi connectivity index (χ3n) is 3.70. The zero-order valence-corrected chi connectivity index (χ0v) is 13.1. The second kappa shape index (κ2) is 6.48. The maximum atomic E-state index is 12.1. The Bertz CT molecular complexity index is 831. The molecule has 1 unspecified atom stereocenters. The molecule has 0 aliphatic carbocycles. The number of amides is 1. The Morgan fingerprint density at radius 2 is 1.91 bits per heavy atom. The third kappa shape index (κ3) is 3.48. The highest BCUT2D eigenvalue weighted by Crippen LogP contribution is 2.17. The maximum Gasteiger partial charge on any atom is 0.244 e. The Balaban J connectivity index is 1.68. The number of nitrogens with one attached hydrogen (secondary N) is 1. The smallest absolute Gasteiger partial charge is 0.244 e. The van der Waals surface area contributed by atoms with Crippen LogP contribution in [0.3, 0.4) is 0 Å². The Hall–Kier alpha value is -2.88. The Labute approximate surface area is 134 Å². The van der Waals surface area contributed by atoms with Crippen LogP contribution < -0.4 is 5.32 Å². The lowest BCUT2D eigenvalue weighted by Gasteiger charge is -2.15. The van der Waals surface area contributed by atoms with Crippen LogP contribution in [0.5, 0.6) is 0 Å². The largest absolute Gasteiger partial charge is 0.437 e. The van der Waals surface area contributed by atoms with E-state index < -0.39 is 0 Å². The number of para-hydroxylation sites is 2. The van der Waals surface area contributed by atoms with Gasteiger partial charge in [0.2, 0.25) is 11.8 Å². The molecule has 3 rings (SSSR count). The quantitative estimate of drug-likeness (QED) is 0.740. The Morgan fingerprint density at radius 1 is 1.17 bits per heavy atom. The molecule has 1 amide bonds. The van der Waals surface area contributed by atoms with E-state index in [4.69, 9.17) is 4.42 Å².